The number of urea groups is 1. The van der Waals surface area contributed by atoms with E-state index in [2.05, 4.69) is 33.2 Å². The highest BCUT2D eigenvalue weighted by Crippen LogP contribution is 2.17. The number of nitrogens with one attached hydrogen (secondary N) is 2. The predicted octanol–water partition coefficient (Wildman–Crippen LogP) is 4.70. The van der Waals surface area contributed by atoms with Gasteiger partial charge in [-0.05, 0) is 77.4 Å². The van der Waals surface area contributed by atoms with E-state index in [1.165, 1.54) is 5.56 Å². The second-order valence-electron chi connectivity index (χ2n) is 4.75. The highest BCUT2D eigenvalue weighted by Gasteiger charge is 2.02. The molecule has 0 aliphatic rings. The molecule has 0 fully saturated rings. The summed E-state index contributed by atoms with van der Waals surface area (Å²) in [4.78, 5) is 11.8. The van der Waals surface area contributed by atoms with Crippen molar-refractivity contribution in [1.82, 2.24) is 5.32 Å². The molecule has 0 heterocycles. The molecule has 21 heavy (non-hydrogen) atoms. The normalized spacial score (nSPS) is 10.6. The summed E-state index contributed by atoms with van der Waals surface area (Å²) in [6.45, 7) is 4.01. The molecule has 2 rings (SSSR count). The quantitative estimate of drug-likeness (QED) is 0.731. The smallest absolute Gasteiger partial charge is 0.314 e. The number of hydrogen-bond donors (Lipinski definition) is 2. The van der Waals surface area contributed by atoms with Gasteiger partial charge < -0.3 is 10.6 Å². The van der Waals surface area contributed by atoms with Gasteiger partial charge in [0.15, 0.2) is 0 Å². The molecule has 2 aromatic rings. The molecule has 2 N–H and O–H groups in total. The van der Waals surface area contributed by atoms with Gasteiger partial charge in [-0.3, -0.25) is 0 Å². The molecule has 0 saturated heterocycles. The van der Waals surface area contributed by atoms with Crippen LogP contribution in [-0.2, 0) is 0 Å². The van der Waals surface area contributed by atoms with E-state index in [1.807, 2.05) is 62.4 Å². The molecule has 3 nitrogen and oxygen atoms in total. The van der Waals surface area contributed by atoms with Crippen LogP contribution in [0.25, 0.3) is 6.08 Å². The highest BCUT2D eigenvalue weighted by atomic mass is 127. The van der Waals surface area contributed by atoms with Gasteiger partial charge in [-0.2, -0.15) is 0 Å². The first-order valence-electron chi connectivity index (χ1n) is 6.62. The Labute approximate surface area is 138 Å². The van der Waals surface area contributed by atoms with Crippen molar-refractivity contribution >= 4 is 40.4 Å². The van der Waals surface area contributed by atoms with Crippen LogP contribution in [0.15, 0.2) is 48.7 Å². The van der Waals surface area contributed by atoms with E-state index in [0.29, 0.717) is 0 Å². The van der Waals surface area contributed by atoms with Crippen LogP contribution in [0, 0.1) is 17.4 Å². The molecule has 4 heteroatoms. The fourth-order valence-electron chi connectivity index (χ4n) is 1.91. The molecule has 0 atom stereocenters. The van der Waals surface area contributed by atoms with Crippen LogP contribution in [0.1, 0.15) is 16.7 Å². The van der Waals surface area contributed by atoms with Gasteiger partial charge in [0.1, 0.15) is 0 Å². The molecule has 0 aliphatic carbocycles. The van der Waals surface area contributed by atoms with Crippen molar-refractivity contribution in [2.45, 2.75) is 13.8 Å². The Morgan fingerprint density at radius 3 is 2.57 bits per heavy atom. The Hall–Kier alpha value is -1.82. The molecule has 2 amide bonds. The molecular formula is C17H17IN2O. The van der Waals surface area contributed by atoms with E-state index in [4.69, 9.17) is 0 Å². The average Bonchev–Trinajstić information content (AvgIpc) is 2.44. The Balaban J connectivity index is 1.95. The van der Waals surface area contributed by atoms with Crippen LogP contribution >= 0.6 is 22.6 Å². The summed E-state index contributed by atoms with van der Waals surface area (Å²) < 4.78 is 1.15. The summed E-state index contributed by atoms with van der Waals surface area (Å²) in [6.07, 6.45) is 3.54. The van der Waals surface area contributed by atoms with Crippen molar-refractivity contribution in [3.8, 4) is 0 Å². The number of anilines is 1. The third-order valence-corrected chi connectivity index (χ3v) is 3.77. The number of rotatable bonds is 3. The van der Waals surface area contributed by atoms with Crippen LogP contribution in [0.4, 0.5) is 10.5 Å². The Kier molecular flexibility index (Phi) is 5.38. The van der Waals surface area contributed by atoms with E-state index >= 15 is 0 Å². The zero-order chi connectivity index (χ0) is 15.2. The van der Waals surface area contributed by atoms with E-state index in [1.54, 1.807) is 6.20 Å². The minimum Gasteiger partial charge on any atom is -0.314 e. The summed E-state index contributed by atoms with van der Waals surface area (Å²) in [5.41, 5.74) is 4.12. The maximum Gasteiger partial charge on any atom is 0.323 e. The number of aryl methyl sites for hydroxylation is 2. The average molecular weight is 392 g/mol. The van der Waals surface area contributed by atoms with Crippen LogP contribution in [0.2, 0.25) is 0 Å². The highest BCUT2D eigenvalue weighted by molar-refractivity contribution is 14.1. The predicted molar refractivity (Wildman–Crippen MR) is 96.3 cm³/mol. The van der Waals surface area contributed by atoms with E-state index in [9.17, 15) is 4.79 Å². The van der Waals surface area contributed by atoms with Gasteiger partial charge in [0, 0.05) is 15.5 Å². The summed E-state index contributed by atoms with van der Waals surface area (Å²) in [5.74, 6) is 0. The lowest BCUT2D eigenvalue weighted by Gasteiger charge is -2.08. The molecule has 0 spiro atoms. The topological polar surface area (TPSA) is 41.1 Å². The van der Waals surface area contributed by atoms with E-state index < -0.39 is 0 Å². The number of hydrogen-bond acceptors (Lipinski definition) is 1. The fourth-order valence-corrected chi connectivity index (χ4v) is 2.55. The van der Waals surface area contributed by atoms with E-state index in [-0.39, 0.29) is 6.03 Å². The molecule has 0 aromatic heterocycles. The summed E-state index contributed by atoms with van der Waals surface area (Å²) in [6, 6.07) is 13.7. The Morgan fingerprint density at radius 2 is 1.86 bits per heavy atom. The molecular weight excluding hydrogens is 375 g/mol. The Bertz CT molecular complexity index is 680. The standard InChI is InChI=1S/C17H17IN2O/c1-12-5-3-4-6-14(12)9-10-19-17(21)20-16-8-7-15(18)11-13(16)2/h3-11H,1-2H3,(H2,19,20,21)/b10-9+. The molecule has 0 aliphatic heterocycles. The summed E-state index contributed by atoms with van der Waals surface area (Å²) in [5, 5.41) is 5.55. The van der Waals surface area contributed by atoms with Crippen LogP contribution in [-0.4, -0.2) is 6.03 Å². The van der Waals surface area contributed by atoms with Crippen molar-refractivity contribution < 1.29 is 4.79 Å². The minimum atomic E-state index is -0.246. The maximum atomic E-state index is 11.8. The monoisotopic (exact) mass is 392 g/mol. The van der Waals surface area contributed by atoms with Crippen LogP contribution < -0.4 is 10.6 Å². The number of amides is 2. The van der Waals surface area contributed by atoms with Gasteiger partial charge in [-0.25, -0.2) is 4.79 Å². The lowest BCUT2D eigenvalue weighted by Crippen LogP contribution is -2.24. The van der Waals surface area contributed by atoms with Crippen molar-refractivity contribution in [2.24, 2.45) is 0 Å². The van der Waals surface area contributed by atoms with Crippen LogP contribution in [0.5, 0.6) is 0 Å². The molecule has 108 valence electrons. The van der Waals surface area contributed by atoms with Gasteiger partial charge in [0.05, 0.1) is 0 Å². The first kappa shape index (κ1) is 15.6. The molecule has 0 unspecified atom stereocenters. The van der Waals surface area contributed by atoms with Crippen LogP contribution in [0.3, 0.4) is 0 Å². The number of benzene rings is 2. The van der Waals surface area contributed by atoms with Crippen molar-refractivity contribution in [2.75, 3.05) is 5.32 Å². The number of carbonyl (C=O) groups is 1. The third-order valence-electron chi connectivity index (χ3n) is 3.10. The van der Waals surface area contributed by atoms with Gasteiger partial charge >= 0.3 is 6.03 Å². The Morgan fingerprint density at radius 1 is 1.10 bits per heavy atom. The van der Waals surface area contributed by atoms with Gasteiger partial charge in [0.2, 0.25) is 0 Å². The first-order valence-corrected chi connectivity index (χ1v) is 7.70. The van der Waals surface area contributed by atoms with Crippen molar-refractivity contribution in [1.29, 1.82) is 0 Å². The zero-order valence-corrected chi connectivity index (χ0v) is 14.1. The lowest BCUT2D eigenvalue weighted by molar-refractivity contribution is 0.255. The van der Waals surface area contributed by atoms with E-state index in [0.717, 1.165) is 20.4 Å². The molecule has 0 bridgehead atoms. The second-order valence-corrected chi connectivity index (χ2v) is 5.99. The van der Waals surface area contributed by atoms with Crippen molar-refractivity contribution in [3.05, 3.63) is 68.9 Å². The minimum absolute atomic E-state index is 0.246. The molecule has 0 saturated carbocycles. The van der Waals surface area contributed by atoms with Gasteiger partial charge in [0.25, 0.3) is 0 Å². The largest absolute Gasteiger partial charge is 0.323 e. The first-order chi connectivity index (χ1) is 10.1. The molecule has 0 radical (unpaired) electrons. The maximum absolute atomic E-state index is 11.8. The lowest BCUT2D eigenvalue weighted by atomic mass is 10.1. The number of halogens is 1. The van der Waals surface area contributed by atoms with Gasteiger partial charge in [-0.1, -0.05) is 24.3 Å². The zero-order valence-electron chi connectivity index (χ0n) is 12.0. The SMILES string of the molecule is Cc1ccccc1/C=C/NC(=O)Nc1ccc(I)cc1C. The number of carbonyl (C=O) groups excluding carboxylic acids is 1. The fraction of sp³-hybridized carbons (Fsp3) is 0.118. The summed E-state index contributed by atoms with van der Waals surface area (Å²) in [7, 11) is 0. The summed E-state index contributed by atoms with van der Waals surface area (Å²) >= 11 is 2.25. The van der Waals surface area contributed by atoms with Crippen molar-refractivity contribution in [3.63, 3.8) is 0 Å². The molecule has 2 aromatic carbocycles. The third kappa shape index (κ3) is 4.60. The van der Waals surface area contributed by atoms with Gasteiger partial charge in [-0.15, -0.1) is 0 Å². The second kappa shape index (κ2) is 7.26.